The molecule has 0 saturated carbocycles. The van der Waals surface area contributed by atoms with E-state index in [9.17, 15) is 0 Å². The van der Waals surface area contributed by atoms with E-state index in [1.54, 1.807) is 4.68 Å². The zero-order valence-electron chi connectivity index (χ0n) is 11.4. The molecule has 1 aromatic heterocycles. The van der Waals surface area contributed by atoms with E-state index >= 15 is 0 Å². The van der Waals surface area contributed by atoms with Crippen molar-refractivity contribution in [1.29, 1.82) is 0 Å². The fourth-order valence-electron chi connectivity index (χ4n) is 2.40. The molecular formula is C13H22ClN3O. The molecule has 0 spiro atoms. The molecule has 1 saturated heterocycles. The molecule has 0 amide bonds. The third kappa shape index (κ3) is 3.05. The van der Waals surface area contributed by atoms with Crippen molar-refractivity contribution < 1.29 is 4.74 Å². The van der Waals surface area contributed by atoms with Gasteiger partial charge in [0.15, 0.2) is 0 Å². The van der Waals surface area contributed by atoms with Crippen molar-refractivity contribution in [2.24, 2.45) is 12.5 Å². The molecule has 0 aliphatic carbocycles. The summed E-state index contributed by atoms with van der Waals surface area (Å²) in [5.41, 5.74) is 2.46. The van der Waals surface area contributed by atoms with Gasteiger partial charge in [-0.2, -0.15) is 5.10 Å². The Morgan fingerprint density at radius 3 is 2.67 bits per heavy atom. The van der Waals surface area contributed by atoms with E-state index in [0.717, 1.165) is 55.6 Å². The second-order valence-corrected chi connectivity index (χ2v) is 5.86. The van der Waals surface area contributed by atoms with Gasteiger partial charge in [0.1, 0.15) is 5.15 Å². The number of halogens is 1. The Bertz CT molecular complexity index is 411. The molecule has 102 valence electrons. The Balaban J connectivity index is 1.88. The molecule has 18 heavy (non-hydrogen) atoms. The van der Waals surface area contributed by atoms with Gasteiger partial charge in [0.2, 0.25) is 0 Å². The Labute approximate surface area is 114 Å². The summed E-state index contributed by atoms with van der Waals surface area (Å²) in [5, 5.41) is 8.57. The monoisotopic (exact) mass is 271 g/mol. The van der Waals surface area contributed by atoms with Gasteiger partial charge in [-0.05, 0) is 25.2 Å². The highest BCUT2D eigenvalue weighted by molar-refractivity contribution is 6.30. The van der Waals surface area contributed by atoms with Crippen LogP contribution in [-0.4, -0.2) is 29.5 Å². The summed E-state index contributed by atoms with van der Waals surface area (Å²) in [7, 11) is 1.87. The number of nitrogens with zero attached hydrogens (tertiary/aromatic N) is 2. The first-order valence-corrected chi connectivity index (χ1v) is 6.86. The highest BCUT2D eigenvalue weighted by Crippen LogP contribution is 2.29. The predicted molar refractivity (Wildman–Crippen MR) is 72.8 cm³/mol. The molecule has 2 rings (SSSR count). The third-order valence-electron chi connectivity index (χ3n) is 3.82. The Morgan fingerprint density at radius 1 is 1.44 bits per heavy atom. The smallest absolute Gasteiger partial charge is 0.131 e. The van der Waals surface area contributed by atoms with Gasteiger partial charge in [0, 0.05) is 38.9 Å². The van der Waals surface area contributed by atoms with E-state index in [2.05, 4.69) is 17.3 Å². The van der Waals surface area contributed by atoms with Crippen molar-refractivity contribution in [3.8, 4) is 0 Å². The average molecular weight is 272 g/mol. The topological polar surface area (TPSA) is 39.1 Å². The standard InChI is InChI=1S/C13H22ClN3O/c1-10-11(12(14)17(3)16-10)8-15-9-13(2)4-6-18-7-5-13/h15H,4-9H2,1-3H3. The number of nitrogens with one attached hydrogen (secondary N) is 1. The molecule has 0 bridgehead atoms. The Kier molecular flexibility index (Phi) is 4.30. The van der Waals surface area contributed by atoms with Crippen LogP contribution in [0.3, 0.4) is 0 Å². The van der Waals surface area contributed by atoms with Crippen molar-refractivity contribution in [3.63, 3.8) is 0 Å². The summed E-state index contributed by atoms with van der Waals surface area (Å²) in [4.78, 5) is 0. The van der Waals surface area contributed by atoms with E-state index in [1.165, 1.54) is 0 Å². The van der Waals surface area contributed by atoms with Crippen LogP contribution >= 0.6 is 11.6 Å². The number of ether oxygens (including phenoxy) is 1. The van der Waals surface area contributed by atoms with Gasteiger partial charge in [-0.15, -0.1) is 0 Å². The predicted octanol–water partition coefficient (Wildman–Crippen LogP) is 2.29. The lowest BCUT2D eigenvalue weighted by Crippen LogP contribution is -2.36. The molecule has 2 heterocycles. The number of aromatic nitrogens is 2. The minimum atomic E-state index is 0.348. The molecular weight excluding hydrogens is 250 g/mol. The molecule has 1 fully saturated rings. The maximum Gasteiger partial charge on any atom is 0.131 e. The lowest BCUT2D eigenvalue weighted by atomic mass is 9.82. The lowest BCUT2D eigenvalue weighted by molar-refractivity contribution is 0.0240. The summed E-state index contributed by atoms with van der Waals surface area (Å²) >= 11 is 6.21. The van der Waals surface area contributed by atoms with Gasteiger partial charge in [-0.25, -0.2) is 0 Å². The minimum absolute atomic E-state index is 0.348. The summed E-state index contributed by atoms with van der Waals surface area (Å²) < 4.78 is 7.14. The SMILES string of the molecule is Cc1nn(C)c(Cl)c1CNCC1(C)CCOCC1. The molecule has 4 nitrogen and oxygen atoms in total. The number of rotatable bonds is 4. The maximum atomic E-state index is 6.21. The summed E-state index contributed by atoms with van der Waals surface area (Å²) in [6.07, 6.45) is 2.25. The van der Waals surface area contributed by atoms with E-state index in [1.807, 2.05) is 14.0 Å². The number of aryl methyl sites for hydroxylation is 2. The fourth-order valence-corrected chi connectivity index (χ4v) is 2.65. The highest BCUT2D eigenvalue weighted by Gasteiger charge is 2.26. The van der Waals surface area contributed by atoms with E-state index in [-0.39, 0.29) is 0 Å². The van der Waals surface area contributed by atoms with Gasteiger partial charge in [-0.1, -0.05) is 18.5 Å². The van der Waals surface area contributed by atoms with Crippen molar-refractivity contribution in [2.75, 3.05) is 19.8 Å². The molecule has 5 heteroatoms. The molecule has 0 aromatic carbocycles. The number of hydrogen-bond donors (Lipinski definition) is 1. The summed E-state index contributed by atoms with van der Waals surface area (Å²) in [6, 6.07) is 0. The Hall–Kier alpha value is -0.580. The normalized spacial score (nSPS) is 19.1. The van der Waals surface area contributed by atoms with Crippen molar-refractivity contribution in [1.82, 2.24) is 15.1 Å². The molecule has 1 N–H and O–H groups in total. The van der Waals surface area contributed by atoms with Crippen molar-refractivity contribution >= 4 is 11.6 Å². The lowest BCUT2D eigenvalue weighted by Gasteiger charge is -2.33. The molecule has 0 atom stereocenters. The third-order valence-corrected chi connectivity index (χ3v) is 4.30. The van der Waals surface area contributed by atoms with E-state index in [4.69, 9.17) is 16.3 Å². The highest BCUT2D eigenvalue weighted by atomic mass is 35.5. The average Bonchev–Trinajstić information content (AvgIpc) is 2.56. The van der Waals surface area contributed by atoms with Crippen LogP contribution in [0.4, 0.5) is 0 Å². The largest absolute Gasteiger partial charge is 0.381 e. The molecule has 0 unspecified atom stereocenters. The van der Waals surface area contributed by atoms with Crippen LogP contribution in [0, 0.1) is 12.3 Å². The maximum absolute atomic E-state index is 6.21. The van der Waals surface area contributed by atoms with Crippen LogP contribution in [0.5, 0.6) is 0 Å². The van der Waals surface area contributed by atoms with Gasteiger partial charge in [0.25, 0.3) is 0 Å². The first-order chi connectivity index (χ1) is 8.52. The zero-order valence-corrected chi connectivity index (χ0v) is 12.2. The first kappa shape index (κ1) is 13.8. The summed E-state index contributed by atoms with van der Waals surface area (Å²) in [6.45, 7) is 7.87. The quantitative estimate of drug-likeness (QED) is 0.913. The van der Waals surface area contributed by atoms with Crippen molar-refractivity contribution in [3.05, 3.63) is 16.4 Å². The number of hydrogen-bond acceptors (Lipinski definition) is 3. The second kappa shape index (κ2) is 5.59. The van der Waals surface area contributed by atoms with E-state index < -0.39 is 0 Å². The molecule has 1 aliphatic heterocycles. The van der Waals surface area contributed by atoms with Gasteiger partial charge >= 0.3 is 0 Å². The molecule has 1 aromatic rings. The van der Waals surface area contributed by atoms with Crippen LogP contribution in [0.2, 0.25) is 5.15 Å². The fraction of sp³-hybridized carbons (Fsp3) is 0.769. The van der Waals surface area contributed by atoms with Crippen LogP contribution in [0.25, 0.3) is 0 Å². The molecule has 1 aliphatic rings. The van der Waals surface area contributed by atoms with Gasteiger partial charge in [-0.3, -0.25) is 4.68 Å². The van der Waals surface area contributed by atoms with Gasteiger partial charge in [0.05, 0.1) is 5.69 Å². The summed E-state index contributed by atoms with van der Waals surface area (Å²) in [5.74, 6) is 0. The van der Waals surface area contributed by atoms with Crippen LogP contribution in [0.1, 0.15) is 31.0 Å². The molecule has 0 radical (unpaired) electrons. The van der Waals surface area contributed by atoms with Crippen LogP contribution < -0.4 is 5.32 Å². The first-order valence-electron chi connectivity index (χ1n) is 6.48. The zero-order chi connectivity index (χ0) is 13.2. The van der Waals surface area contributed by atoms with Crippen LogP contribution in [-0.2, 0) is 18.3 Å². The van der Waals surface area contributed by atoms with Gasteiger partial charge < -0.3 is 10.1 Å². The second-order valence-electron chi connectivity index (χ2n) is 5.50. The Morgan fingerprint density at radius 2 is 2.11 bits per heavy atom. The van der Waals surface area contributed by atoms with E-state index in [0.29, 0.717) is 5.41 Å². The van der Waals surface area contributed by atoms with Crippen molar-refractivity contribution in [2.45, 2.75) is 33.2 Å². The minimum Gasteiger partial charge on any atom is -0.381 e. The van der Waals surface area contributed by atoms with Crippen LogP contribution in [0.15, 0.2) is 0 Å².